The number of benzene rings is 2. The molecule has 0 atom stereocenters. The lowest BCUT2D eigenvalue weighted by Gasteiger charge is -2.18. The number of carbonyl (C=O) groups excluding carboxylic acids is 2. The lowest BCUT2D eigenvalue weighted by atomic mass is 10.1. The van der Waals surface area contributed by atoms with Gasteiger partial charge in [-0.3, -0.25) is 9.59 Å². The van der Waals surface area contributed by atoms with E-state index in [0.29, 0.717) is 22.6 Å². The third-order valence-electron chi connectivity index (χ3n) is 4.27. The number of nitrogens with zero attached hydrogens (tertiary/aromatic N) is 1. The van der Waals surface area contributed by atoms with Crippen LogP contribution in [0.25, 0.3) is 0 Å². The molecule has 1 aliphatic rings. The van der Waals surface area contributed by atoms with Gasteiger partial charge in [0.2, 0.25) is 0 Å². The minimum Gasteiger partial charge on any atom is -0.491 e. The van der Waals surface area contributed by atoms with Crippen LogP contribution in [0.5, 0.6) is 5.75 Å². The Labute approximate surface area is 154 Å². The van der Waals surface area contributed by atoms with Crippen LogP contribution in [-0.4, -0.2) is 35.9 Å². The second-order valence-corrected chi connectivity index (χ2v) is 6.69. The zero-order valence-electron chi connectivity index (χ0n) is 15.2. The average molecular weight is 352 g/mol. The number of hydrogen-bond donors (Lipinski definition) is 1. The monoisotopic (exact) mass is 352 g/mol. The fraction of sp³-hybridized carbons (Fsp3) is 0.333. The lowest BCUT2D eigenvalue weighted by molar-refractivity contribution is 0.0794. The highest BCUT2D eigenvalue weighted by molar-refractivity contribution is 6.09. The predicted octanol–water partition coefficient (Wildman–Crippen LogP) is 3.96. The number of rotatable bonds is 5. The van der Waals surface area contributed by atoms with Crippen molar-refractivity contribution >= 4 is 17.5 Å². The molecule has 5 heteroatoms. The molecule has 0 spiro atoms. The van der Waals surface area contributed by atoms with E-state index < -0.39 is 0 Å². The maximum absolute atomic E-state index is 12.7. The van der Waals surface area contributed by atoms with Crippen LogP contribution in [0.15, 0.2) is 48.5 Å². The third kappa shape index (κ3) is 4.23. The summed E-state index contributed by atoms with van der Waals surface area (Å²) in [6.45, 7) is 5.42. The zero-order chi connectivity index (χ0) is 18.5. The minimum atomic E-state index is -0.263. The topological polar surface area (TPSA) is 58.6 Å². The summed E-state index contributed by atoms with van der Waals surface area (Å²) in [7, 11) is 0. The van der Waals surface area contributed by atoms with Crippen molar-refractivity contribution in [3.63, 3.8) is 0 Å². The summed E-state index contributed by atoms with van der Waals surface area (Å²) in [6, 6.07) is 14.2. The number of carbonyl (C=O) groups is 2. The van der Waals surface area contributed by atoms with Gasteiger partial charge in [0.25, 0.3) is 11.8 Å². The number of amides is 2. The minimum absolute atomic E-state index is 0.0321. The number of anilines is 1. The summed E-state index contributed by atoms with van der Waals surface area (Å²) in [4.78, 5) is 27.2. The first-order valence-electron chi connectivity index (χ1n) is 9.01. The molecule has 26 heavy (non-hydrogen) atoms. The van der Waals surface area contributed by atoms with Gasteiger partial charge >= 0.3 is 0 Å². The molecule has 1 saturated heterocycles. The van der Waals surface area contributed by atoms with Gasteiger partial charge in [0.05, 0.1) is 17.4 Å². The molecule has 0 bridgehead atoms. The molecule has 5 nitrogen and oxygen atoms in total. The smallest absolute Gasteiger partial charge is 0.255 e. The summed E-state index contributed by atoms with van der Waals surface area (Å²) in [6.07, 6.45) is 2.10. The maximum Gasteiger partial charge on any atom is 0.255 e. The molecule has 136 valence electrons. The summed E-state index contributed by atoms with van der Waals surface area (Å²) in [5, 5.41) is 2.87. The molecule has 0 unspecified atom stereocenters. The van der Waals surface area contributed by atoms with Crippen molar-refractivity contribution in [3.05, 3.63) is 59.7 Å². The Morgan fingerprint density at radius 2 is 1.77 bits per heavy atom. The summed E-state index contributed by atoms with van der Waals surface area (Å²) >= 11 is 0. The zero-order valence-corrected chi connectivity index (χ0v) is 15.2. The molecular formula is C21H24N2O3. The molecule has 2 amide bonds. The van der Waals surface area contributed by atoms with Crippen LogP contribution in [0.4, 0.5) is 5.69 Å². The molecular weight excluding hydrogens is 328 g/mol. The molecule has 0 saturated carbocycles. The van der Waals surface area contributed by atoms with Crippen molar-refractivity contribution < 1.29 is 14.3 Å². The first kappa shape index (κ1) is 18.0. The van der Waals surface area contributed by atoms with Crippen LogP contribution in [0.1, 0.15) is 47.4 Å². The highest BCUT2D eigenvalue weighted by Crippen LogP contribution is 2.22. The largest absolute Gasteiger partial charge is 0.491 e. The number of likely N-dealkylation sites (tertiary alicyclic amines) is 1. The first-order valence-corrected chi connectivity index (χ1v) is 9.01. The van der Waals surface area contributed by atoms with Crippen LogP contribution in [0, 0.1) is 0 Å². The van der Waals surface area contributed by atoms with Crippen LogP contribution < -0.4 is 10.1 Å². The van der Waals surface area contributed by atoms with E-state index in [0.717, 1.165) is 25.9 Å². The molecule has 1 aliphatic heterocycles. The normalized spacial score (nSPS) is 13.7. The van der Waals surface area contributed by atoms with Gasteiger partial charge in [-0.15, -0.1) is 0 Å². The summed E-state index contributed by atoms with van der Waals surface area (Å²) in [5.74, 6) is 0.352. The van der Waals surface area contributed by atoms with Gasteiger partial charge < -0.3 is 15.0 Å². The van der Waals surface area contributed by atoms with E-state index in [1.54, 1.807) is 30.3 Å². The van der Waals surface area contributed by atoms with Crippen molar-refractivity contribution in [1.29, 1.82) is 0 Å². The molecule has 1 fully saturated rings. The van der Waals surface area contributed by atoms with E-state index in [2.05, 4.69) is 5.32 Å². The van der Waals surface area contributed by atoms with E-state index >= 15 is 0 Å². The van der Waals surface area contributed by atoms with E-state index in [1.807, 2.05) is 36.9 Å². The Balaban J connectivity index is 1.78. The number of ether oxygens (including phenoxy) is 1. The van der Waals surface area contributed by atoms with Crippen LogP contribution in [-0.2, 0) is 0 Å². The Hall–Kier alpha value is -2.82. The maximum atomic E-state index is 12.7. The van der Waals surface area contributed by atoms with E-state index in [1.165, 1.54) is 0 Å². The number of hydrogen-bond acceptors (Lipinski definition) is 3. The Morgan fingerprint density at radius 3 is 2.50 bits per heavy atom. The van der Waals surface area contributed by atoms with Crippen LogP contribution in [0.2, 0.25) is 0 Å². The molecule has 0 radical (unpaired) electrons. The van der Waals surface area contributed by atoms with Gasteiger partial charge in [-0.25, -0.2) is 0 Å². The highest BCUT2D eigenvalue weighted by Gasteiger charge is 2.22. The highest BCUT2D eigenvalue weighted by atomic mass is 16.5. The Morgan fingerprint density at radius 1 is 1.04 bits per heavy atom. The van der Waals surface area contributed by atoms with E-state index in [-0.39, 0.29) is 17.9 Å². The molecule has 2 aromatic carbocycles. The summed E-state index contributed by atoms with van der Waals surface area (Å²) in [5.41, 5.74) is 1.55. The van der Waals surface area contributed by atoms with Crippen molar-refractivity contribution in [2.75, 3.05) is 18.4 Å². The van der Waals surface area contributed by atoms with Gasteiger partial charge in [-0.05, 0) is 57.0 Å². The fourth-order valence-electron chi connectivity index (χ4n) is 3.05. The molecule has 0 aliphatic carbocycles. The SMILES string of the molecule is CC(C)Oc1cccc(C(=O)Nc2ccccc2C(=O)N2CCCC2)c1. The second kappa shape index (κ2) is 8.04. The lowest BCUT2D eigenvalue weighted by Crippen LogP contribution is -2.28. The third-order valence-corrected chi connectivity index (χ3v) is 4.27. The second-order valence-electron chi connectivity index (χ2n) is 6.69. The van der Waals surface area contributed by atoms with Gasteiger partial charge in [0, 0.05) is 18.7 Å². The standard InChI is InChI=1S/C21H24N2O3/c1-15(2)26-17-9-7-8-16(14-17)20(24)22-19-11-4-3-10-18(19)21(25)23-12-5-6-13-23/h3-4,7-11,14-15H,5-6,12-13H2,1-2H3,(H,22,24). The Bertz CT molecular complexity index is 795. The molecule has 1 N–H and O–H groups in total. The van der Waals surface area contributed by atoms with Crippen molar-refractivity contribution in [2.24, 2.45) is 0 Å². The summed E-state index contributed by atoms with van der Waals surface area (Å²) < 4.78 is 5.64. The van der Waals surface area contributed by atoms with Gasteiger partial charge in [-0.1, -0.05) is 18.2 Å². The fourth-order valence-corrected chi connectivity index (χ4v) is 3.05. The van der Waals surface area contributed by atoms with E-state index in [9.17, 15) is 9.59 Å². The van der Waals surface area contributed by atoms with Crippen molar-refractivity contribution in [3.8, 4) is 5.75 Å². The molecule has 1 heterocycles. The van der Waals surface area contributed by atoms with Crippen molar-refractivity contribution in [1.82, 2.24) is 4.90 Å². The Kier molecular flexibility index (Phi) is 5.56. The molecule has 0 aromatic heterocycles. The van der Waals surface area contributed by atoms with Crippen molar-refractivity contribution in [2.45, 2.75) is 32.8 Å². The number of para-hydroxylation sites is 1. The van der Waals surface area contributed by atoms with Crippen LogP contribution in [0.3, 0.4) is 0 Å². The van der Waals surface area contributed by atoms with E-state index in [4.69, 9.17) is 4.74 Å². The van der Waals surface area contributed by atoms with Gasteiger partial charge in [-0.2, -0.15) is 0 Å². The molecule has 2 aromatic rings. The average Bonchev–Trinajstić information content (AvgIpc) is 3.16. The predicted molar refractivity (Wildman–Crippen MR) is 102 cm³/mol. The van der Waals surface area contributed by atoms with Crippen LogP contribution >= 0.6 is 0 Å². The first-order chi connectivity index (χ1) is 12.5. The molecule has 3 rings (SSSR count). The van der Waals surface area contributed by atoms with Gasteiger partial charge in [0.15, 0.2) is 0 Å². The van der Waals surface area contributed by atoms with Gasteiger partial charge in [0.1, 0.15) is 5.75 Å². The number of nitrogens with one attached hydrogen (secondary N) is 1. The quantitative estimate of drug-likeness (QED) is 0.886.